The summed E-state index contributed by atoms with van der Waals surface area (Å²) in [7, 11) is 3.40. The van der Waals surface area contributed by atoms with Crippen molar-refractivity contribution < 1.29 is 4.74 Å². The number of rotatable bonds is 3. The number of ether oxygens (including phenoxy) is 1. The van der Waals surface area contributed by atoms with Crippen LogP contribution in [0.1, 0.15) is 18.5 Å². The lowest BCUT2D eigenvalue weighted by Gasteiger charge is -2.15. The van der Waals surface area contributed by atoms with Crippen LogP contribution in [0.3, 0.4) is 0 Å². The molecule has 0 fully saturated rings. The first kappa shape index (κ1) is 13.4. The Morgan fingerprint density at radius 3 is 2.90 bits per heavy atom. The van der Waals surface area contributed by atoms with Crippen LogP contribution in [0.5, 0.6) is 5.75 Å². The van der Waals surface area contributed by atoms with Crippen LogP contribution in [0, 0.1) is 0 Å². The van der Waals surface area contributed by atoms with E-state index in [1.807, 2.05) is 31.2 Å². The molecule has 2 aromatic heterocycles. The van der Waals surface area contributed by atoms with E-state index < -0.39 is 0 Å². The molecule has 0 radical (unpaired) electrons. The molecule has 0 saturated carbocycles. The predicted molar refractivity (Wildman–Crippen MR) is 79.6 cm³/mol. The highest BCUT2D eigenvalue weighted by Gasteiger charge is 2.14. The van der Waals surface area contributed by atoms with E-state index in [9.17, 15) is 4.79 Å². The van der Waals surface area contributed by atoms with Gasteiger partial charge in [0.25, 0.3) is 5.56 Å². The molecule has 3 rings (SSSR count). The molecular weight excluding hydrogens is 268 g/mol. The Hall–Kier alpha value is -2.63. The molecule has 0 aliphatic carbocycles. The minimum Gasteiger partial charge on any atom is -0.497 e. The second-order valence-electron chi connectivity index (χ2n) is 4.95. The van der Waals surface area contributed by atoms with E-state index in [0.29, 0.717) is 11.0 Å². The average Bonchev–Trinajstić information content (AvgIpc) is 2.88. The van der Waals surface area contributed by atoms with Gasteiger partial charge in [-0.3, -0.25) is 14.0 Å². The molecule has 0 unspecified atom stereocenters. The van der Waals surface area contributed by atoms with E-state index in [1.54, 1.807) is 35.9 Å². The van der Waals surface area contributed by atoms with E-state index in [-0.39, 0.29) is 11.6 Å². The summed E-state index contributed by atoms with van der Waals surface area (Å²) in [4.78, 5) is 16.8. The van der Waals surface area contributed by atoms with Crippen molar-refractivity contribution in [2.45, 2.75) is 13.0 Å². The van der Waals surface area contributed by atoms with Crippen LogP contribution in [0.2, 0.25) is 0 Å². The number of aromatic nitrogens is 4. The lowest BCUT2D eigenvalue weighted by Crippen LogP contribution is -2.24. The summed E-state index contributed by atoms with van der Waals surface area (Å²) in [5, 5.41) is 4.18. The molecule has 0 amide bonds. The van der Waals surface area contributed by atoms with Crippen molar-refractivity contribution in [1.29, 1.82) is 0 Å². The topological polar surface area (TPSA) is 61.9 Å². The van der Waals surface area contributed by atoms with Crippen LogP contribution in [0.4, 0.5) is 0 Å². The second-order valence-corrected chi connectivity index (χ2v) is 4.95. The molecule has 3 aromatic rings. The van der Waals surface area contributed by atoms with Gasteiger partial charge in [-0.15, -0.1) is 0 Å². The molecule has 0 aliphatic rings. The predicted octanol–water partition coefficient (Wildman–Crippen LogP) is 1.75. The number of hydrogen-bond acceptors (Lipinski definition) is 4. The Morgan fingerprint density at radius 2 is 2.14 bits per heavy atom. The molecule has 0 N–H and O–H groups in total. The fourth-order valence-electron chi connectivity index (χ4n) is 2.36. The van der Waals surface area contributed by atoms with Crippen molar-refractivity contribution in [1.82, 2.24) is 19.3 Å². The van der Waals surface area contributed by atoms with Crippen LogP contribution < -0.4 is 10.3 Å². The summed E-state index contributed by atoms with van der Waals surface area (Å²) in [5.41, 5.74) is 1.83. The molecule has 0 spiro atoms. The third-order valence-corrected chi connectivity index (χ3v) is 3.56. The standard InChI is InChI=1S/C15H16N4O2/c1-10(11-5-4-6-12(7-11)21-3)19-9-16-13-8-18(2)17-14(13)15(19)20/h4-10H,1-3H3/t10-/m1/s1. The molecule has 0 bridgehead atoms. The summed E-state index contributed by atoms with van der Waals surface area (Å²) in [5.74, 6) is 0.763. The van der Waals surface area contributed by atoms with Crippen molar-refractivity contribution in [2.75, 3.05) is 7.11 Å². The molecule has 2 heterocycles. The fraction of sp³-hybridized carbons (Fsp3) is 0.267. The van der Waals surface area contributed by atoms with Gasteiger partial charge in [-0.05, 0) is 24.6 Å². The monoisotopic (exact) mass is 284 g/mol. The summed E-state index contributed by atoms with van der Waals surface area (Å²) in [6.45, 7) is 1.95. The number of benzene rings is 1. The fourth-order valence-corrected chi connectivity index (χ4v) is 2.36. The Labute approximate surface area is 121 Å². The lowest BCUT2D eigenvalue weighted by molar-refractivity contribution is 0.413. The molecule has 6 heteroatoms. The zero-order valence-electron chi connectivity index (χ0n) is 12.1. The van der Waals surface area contributed by atoms with E-state index in [1.165, 1.54) is 0 Å². The van der Waals surface area contributed by atoms with Crippen molar-refractivity contribution in [3.05, 3.63) is 52.7 Å². The van der Waals surface area contributed by atoms with Gasteiger partial charge >= 0.3 is 0 Å². The Bertz CT molecular complexity index is 850. The SMILES string of the molecule is COc1cccc([C@@H](C)n2cnc3cn(C)nc3c2=O)c1. The Kier molecular flexibility index (Phi) is 3.21. The molecule has 1 aromatic carbocycles. The minimum atomic E-state index is -0.147. The van der Waals surface area contributed by atoms with E-state index in [0.717, 1.165) is 11.3 Å². The number of methoxy groups -OCH3 is 1. The highest BCUT2D eigenvalue weighted by atomic mass is 16.5. The Balaban J connectivity index is 2.10. The maximum Gasteiger partial charge on any atom is 0.282 e. The molecule has 0 aliphatic heterocycles. The van der Waals surface area contributed by atoms with Gasteiger partial charge in [-0.25, -0.2) is 4.98 Å². The second kappa shape index (κ2) is 5.05. The summed E-state index contributed by atoms with van der Waals surface area (Å²) in [6.07, 6.45) is 3.30. The minimum absolute atomic E-state index is 0.143. The first-order valence-electron chi connectivity index (χ1n) is 6.64. The first-order valence-corrected chi connectivity index (χ1v) is 6.64. The Morgan fingerprint density at radius 1 is 1.33 bits per heavy atom. The average molecular weight is 284 g/mol. The van der Waals surface area contributed by atoms with E-state index in [2.05, 4.69) is 10.1 Å². The number of nitrogens with zero attached hydrogens (tertiary/aromatic N) is 4. The smallest absolute Gasteiger partial charge is 0.282 e. The molecule has 21 heavy (non-hydrogen) atoms. The van der Waals surface area contributed by atoms with Crippen molar-refractivity contribution >= 4 is 11.0 Å². The van der Waals surface area contributed by atoms with Crippen molar-refractivity contribution in [3.8, 4) is 5.75 Å². The van der Waals surface area contributed by atoms with Crippen molar-refractivity contribution in [3.63, 3.8) is 0 Å². The zero-order chi connectivity index (χ0) is 15.0. The quantitative estimate of drug-likeness (QED) is 0.735. The summed E-state index contributed by atoms with van der Waals surface area (Å²) in [6, 6.07) is 7.51. The van der Waals surface area contributed by atoms with E-state index in [4.69, 9.17) is 4.74 Å². The van der Waals surface area contributed by atoms with Gasteiger partial charge in [0.05, 0.1) is 25.7 Å². The van der Waals surface area contributed by atoms with E-state index >= 15 is 0 Å². The van der Waals surface area contributed by atoms with Gasteiger partial charge in [-0.1, -0.05) is 12.1 Å². The third-order valence-electron chi connectivity index (χ3n) is 3.56. The highest BCUT2D eigenvalue weighted by molar-refractivity contribution is 5.71. The van der Waals surface area contributed by atoms with Crippen LogP contribution in [-0.2, 0) is 7.05 Å². The largest absolute Gasteiger partial charge is 0.497 e. The van der Waals surface area contributed by atoms with Crippen LogP contribution in [0.15, 0.2) is 41.6 Å². The van der Waals surface area contributed by atoms with Crippen LogP contribution >= 0.6 is 0 Å². The number of hydrogen-bond donors (Lipinski definition) is 0. The summed E-state index contributed by atoms with van der Waals surface area (Å²) < 4.78 is 8.41. The molecule has 108 valence electrons. The number of aryl methyl sites for hydroxylation is 1. The van der Waals surface area contributed by atoms with Gasteiger partial charge in [0, 0.05) is 7.05 Å². The van der Waals surface area contributed by atoms with Crippen LogP contribution in [-0.4, -0.2) is 26.4 Å². The normalized spacial score (nSPS) is 12.5. The van der Waals surface area contributed by atoms with Gasteiger partial charge in [0.2, 0.25) is 0 Å². The number of fused-ring (bicyclic) bond motifs is 1. The highest BCUT2D eigenvalue weighted by Crippen LogP contribution is 2.21. The van der Waals surface area contributed by atoms with Gasteiger partial charge < -0.3 is 4.74 Å². The van der Waals surface area contributed by atoms with Gasteiger partial charge in [0.1, 0.15) is 11.3 Å². The molecule has 1 atom stereocenters. The summed E-state index contributed by atoms with van der Waals surface area (Å²) >= 11 is 0. The maximum atomic E-state index is 12.5. The third kappa shape index (κ3) is 2.29. The maximum absolute atomic E-state index is 12.5. The molecular formula is C15H16N4O2. The van der Waals surface area contributed by atoms with Crippen molar-refractivity contribution in [2.24, 2.45) is 7.05 Å². The molecule has 6 nitrogen and oxygen atoms in total. The van der Waals surface area contributed by atoms with Gasteiger partial charge in [-0.2, -0.15) is 5.10 Å². The van der Waals surface area contributed by atoms with Gasteiger partial charge in [0.15, 0.2) is 5.52 Å². The first-order chi connectivity index (χ1) is 10.1. The molecule has 0 saturated heterocycles. The zero-order valence-corrected chi connectivity index (χ0v) is 12.1. The van der Waals surface area contributed by atoms with Crippen LogP contribution in [0.25, 0.3) is 11.0 Å². The lowest BCUT2D eigenvalue weighted by atomic mass is 10.1.